The maximum atomic E-state index is 13.2. The van der Waals surface area contributed by atoms with Crippen molar-refractivity contribution in [1.82, 2.24) is 4.98 Å². The molecule has 1 fully saturated rings. The largest absolute Gasteiger partial charge is 0.381 e. The molecular weight excluding hydrogens is 322 g/mol. The standard InChI is InChI=1S/C22H27N3O/c1-16-12-17-8-6-7-11-21(17)25(16)22(26)18-13-20(15-23-14-18)24-19-9-4-2-3-5-10-19/h6-8,11,13-16,19,24H,2-5,9-10,12H2,1H3. The summed E-state index contributed by atoms with van der Waals surface area (Å²) in [5, 5.41) is 3.60. The fourth-order valence-corrected chi connectivity index (χ4v) is 4.31. The van der Waals surface area contributed by atoms with Crippen LogP contribution in [-0.4, -0.2) is 23.0 Å². The Balaban J connectivity index is 1.53. The number of fused-ring (bicyclic) bond motifs is 1. The topological polar surface area (TPSA) is 45.2 Å². The molecular formula is C22H27N3O. The van der Waals surface area contributed by atoms with Gasteiger partial charge in [0.2, 0.25) is 0 Å². The first-order chi connectivity index (χ1) is 12.7. The average molecular weight is 349 g/mol. The Morgan fingerprint density at radius 2 is 1.88 bits per heavy atom. The summed E-state index contributed by atoms with van der Waals surface area (Å²) in [4.78, 5) is 19.4. The lowest BCUT2D eigenvalue weighted by molar-refractivity contribution is 0.0981. The lowest BCUT2D eigenvalue weighted by atomic mass is 10.1. The van der Waals surface area contributed by atoms with Crippen molar-refractivity contribution >= 4 is 17.3 Å². The SMILES string of the molecule is CC1Cc2ccccc2N1C(=O)c1cncc(NC2CCCCCC2)c1. The minimum absolute atomic E-state index is 0.0412. The number of hydrogen-bond acceptors (Lipinski definition) is 3. The van der Waals surface area contributed by atoms with Crippen molar-refractivity contribution in [2.24, 2.45) is 0 Å². The molecule has 4 heteroatoms. The number of benzene rings is 1. The summed E-state index contributed by atoms with van der Waals surface area (Å²) in [6.07, 6.45) is 12.1. The van der Waals surface area contributed by atoms with E-state index in [0.29, 0.717) is 11.6 Å². The van der Waals surface area contributed by atoms with E-state index in [1.807, 2.05) is 35.4 Å². The molecule has 26 heavy (non-hydrogen) atoms. The molecule has 136 valence electrons. The molecule has 4 rings (SSSR count). The highest BCUT2D eigenvalue weighted by atomic mass is 16.2. The zero-order valence-electron chi connectivity index (χ0n) is 15.4. The summed E-state index contributed by atoms with van der Waals surface area (Å²) in [7, 11) is 0. The van der Waals surface area contributed by atoms with Crippen molar-refractivity contribution in [3.63, 3.8) is 0 Å². The highest BCUT2D eigenvalue weighted by Gasteiger charge is 2.31. The molecule has 1 N–H and O–H groups in total. The average Bonchev–Trinajstić information content (AvgIpc) is 2.81. The Bertz CT molecular complexity index is 780. The summed E-state index contributed by atoms with van der Waals surface area (Å²) >= 11 is 0. The van der Waals surface area contributed by atoms with Gasteiger partial charge >= 0.3 is 0 Å². The van der Waals surface area contributed by atoms with Crippen molar-refractivity contribution in [2.45, 2.75) is 64.0 Å². The number of anilines is 2. The van der Waals surface area contributed by atoms with Crippen molar-refractivity contribution < 1.29 is 4.79 Å². The maximum Gasteiger partial charge on any atom is 0.260 e. The molecule has 1 atom stereocenters. The normalized spacial score (nSPS) is 20.5. The Morgan fingerprint density at radius 3 is 2.69 bits per heavy atom. The molecule has 0 saturated heterocycles. The smallest absolute Gasteiger partial charge is 0.260 e. The number of pyridine rings is 1. The number of nitrogens with zero attached hydrogens (tertiary/aromatic N) is 2. The van der Waals surface area contributed by atoms with Gasteiger partial charge < -0.3 is 10.2 Å². The third-order valence-electron chi connectivity index (χ3n) is 5.64. The van der Waals surface area contributed by atoms with Gasteiger partial charge in [-0.15, -0.1) is 0 Å². The number of aromatic nitrogens is 1. The molecule has 1 aliphatic heterocycles. The van der Waals surface area contributed by atoms with E-state index in [-0.39, 0.29) is 11.9 Å². The maximum absolute atomic E-state index is 13.2. The fourth-order valence-electron chi connectivity index (χ4n) is 4.31. The number of hydrogen-bond donors (Lipinski definition) is 1. The first kappa shape index (κ1) is 17.1. The highest BCUT2D eigenvalue weighted by Crippen LogP contribution is 2.33. The minimum Gasteiger partial charge on any atom is -0.381 e. The second-order valence-corrected chi connectivity index (χ2v) is 7.65. The molecule has 0 radical (unpaired) electrons. The van der Waals surface area contributed by atoms with Crippen molar-refractivity contribution in [3.8, 4) is 0 Å². The van der Waals surface area contributed by atoms with Crippen LogP contribution in [0.15, 0.2) is 42.7 Å². The molecule has 1 aromatic carbocycles. The molecule has 4 nitrogen and oxygen atoms in total. The van der Waals surface area contributed by atoms with Crippen LogP contribution in [0.1, 0.15) is 61.4 Å². The third-order valence-corrected chi connectivity index (χ3v) is 5.64. The van der Waals surface area contributed by atoms with Crippen LogP contribution in [0.2, 0.25) is 0 Å². The summed E-state index contributed by atoms with van der Waals surface area (Å²) in [6, 6.07) is 10.8. The predicted octanol–water partition coefficient (Wildman–Crippen LogP) is 4.81. The quantitative estimate of drug-likeness (QED) is 0.809. The number of amides is 1. The van der Waals surface area contributed by atoms with E-state index in [4.69, 9.17) is 0 Å². The lowest BCUT2D eigenvalue weighted by Gasteiger charge is -2.23. The molecule has 1 amide bonds. The Labute approximate surface area is 155 Å². The van der Waals surface area contributed by atoms with Gasteiger partial charge in [-0.1, -0.05) is 43.9 Å². The van der Waals surface area contributed by atoms with Gasteiger partial charge in [-0.2, -0.15) is 0 Å². The van der Waals surface area contributed by atoms with Crippen LogP contribution >= 0.6 is 0 Å². The zero-order chi connectivity index (χ0) is 17.9. The van der Waals surface area contributed by atoms with Gasteiger partial charge in [-0.05, 0) is 43.9 Å². The molecule has 2 heterocycles. The van der Waals surface area contributed by atoms with Gasteiger partial charge in [0.15, 0.2) is 0 Å². The molecule has 2 aliphatic rings. The molecule has 2 aromatic rings. The van der Waals surface area contributed by atoms with Crippen LogP contribution in [0.4, 0.5) is 11.4 Å². The van der Waals surface area contributed by atoms with E-state index in [0.717, 1.165) is 17.8 Å². The Hall–Kier alpha value is -2.36. The van der Waals surface area contributed by atoms with E-state index in [1.54, 1.807) is 6.20 Å². The van der Waals surface area contributed by atoms with Crippen LogP contribution in [0, 0.1) is 0 Å². The summed E-state index contributed by atoms with van der Waals surface area (Å²) < 4.78 is 0. The summed E-state index contributed by atoms with van der Waals surface area (Å²) in [5.74, 6) is 0.0412. The van der Waals surface area contributed by atoms with Gasteiger partial charge in [0, 0.05) is 30.2 Å². The monoisotopic (exact) mass is 349 g/mol. The van der Waals surface area contributed by atoms with E-state index < -0.39 is 0 Å². The van der Waals surface area contributed by atoms with Crippen LogP contribution in [-0.2, 0) is 6.42 Å². The number of carbonyl (C=O) groups excluding carboxylic acids is 1. The van der Waals surface area contributed by atoms with E-state index in [1.165, 1.54) is 44.1 Å². The van der Waals surface area contributed by atoms with Gasteiger partial charge in [0.25, 0.3) is 5.91 Å². The summed E-state index contributed by atoms with van der Waals surface area (Å²) in [5.41, 5.74) is 3.90. The van der Waals surface area contributed by atoms with Crippen LogP contribution < -0.4 is 10.2 Å². The highest BCUT2D eigenvalue weighted by molar-refractivity contribution is 6.08. The molecule has 1 saturated carbocycles. The van der Waals surface area contributed by atoms with E-state index in [2.05, 4.69) is 23.3 Å². The summed E-state index contributed by atoms with van der Waals surface area (Å²) in [6.45, 7) is 2.11. The van der Waals surface area contributed by atoms with Crippen molar-refractivity contribution in [2.75, 3.05) is 10.2 Å². The second kappa shape index (κ2) is 7.48. The second-order valence-electron chi connectivity index (χ2n) is 7.65. The number of carbonyl (C=O) groups is 1. The third kappa shape index (κ3) is 3.46. The Kier molecular flexibility index (Phi) is 4.91. The molecule has 1 aromatic heterocycles. The predicted molar refractivity (Wildman–Crippen MR) is 106 cm³/mol. The van der Waals surface area contributed by atoms with Gasteiger partial charge in [-0.3, -0.25) is 9.78 Å². The fraction of sp³-hybridized carbons (Fsp3) is 0.455. The minimum atomic E-state index is 0.0412. The van der Waals surface area contributed by atoms with Crippen LogP contribution in [0.25, 0.3) is 0 Å². The Morgan fingerprint density at radius 1 is 1.12 bits per heavy atom. The van der Waals surface area contributed by atoms with E-state index >= 15 is 0 Å². The van der Waals surface area contributed by atoms with Crippen molar-refractivity contribution in [1.29, 1.82) is 0 Å². The van der Waals surface area contributed by atoms with Crippen LogP contribution in [0.3, 0.4) is 0 Å². The lowest BCUT2D eigenvalue weighted by Crippen LogP contribution is -2.35. The first-order valence-electron chi connectivity index (χ1n) is 9.85. The van der Waals surface area contributed by atoms with Gasteiger partial charge in [0.1, 0.15) is 0 Å². The van der Waals surface area contributed by atoms with E-state index in [9.17, 15) is 4.79 Å². The zero-order valence-corrected chi connectivity index (χ0v) is 15.4. The van der Waals surface area contributed by atoms with Gasteiger partial charge in [0.05, 0.1) is 11.3 Å². The number of nitrogens with one attached hydrogen (secondary N) is 1. The molecule has 1 unspecified atom stereocenters. The number of rotatable bonds is 3. The molecule has 0 spiro atoms. The van der Waals surface area contributed by atoms with Gasteiger partial charge in [-0.25, -0.2) is 0 Å². The molecule has 0 bridgehead atoms. The van der Waals surface area contributed by atoms with Crippen LogP contribution in [0.5, 0.6) is 0 Å². The van der Waals surface area contributed by atoms with Crippen molar-refractivity contribution in [3.05, 3.63) is 53.9 Å². The molecule has 1 aliphatic carbocycles. The first-order valence-corrected chi connectivity index (χ1v) is 9.85. The number of para-hydroxylation sites is 1.